The van der Waals surface area contributed by atoms with E-state index in [1.807, 2.05) is 34.6 Å². The van der Waals surface area contributed by atoms with Crippen molar-refractivity contribution in [3.63, 3.8) is 0 Å². The van der Waals surface area contributed by atoms with Gasteiger partial charge in [-0.05, 0) is 46.1 Å². The lowest BCUT2D eigenvalue weighted by Crippen LogP contribution is -2.34. The Bertz CT molecular complexity index is 901. The highest BCUT2D eigenvalue weighted by molar-refractivity contribution is 5.70. The quantitative estimate of drug-likeness (QED) is 0.0216. The summed E-state index contributed by atoms with van der Waals surface area (Å²) in [6.07, 6.45) is 17.8. The zero-order valence-electron chi connectivity index (χ0n) is 36.1. The molecule has 2 unspecified atom stereocenters. The van der Waals surface area contributed by atoms with Crippen molar-refractivity contribution in [2.45, 2.75) is 196 Å². The summed E-state index contributed by atoms with van der Waals surface area (Å²) >= 11 is 0. The van der Waals surface area contributed by atoms with Crippen LogP contribution in [0.4, 0.5) is 0 Å². The van der Waals surface area contributed by atoms with Crippen LogP contribution in [0.3, 0.4) is 0 Å². The molecule has 0 amide bonds. The summed E-state index contributed by atoms with van der Waals surface area (Å²) in [6, 6.07) is -0.186. The van der Waals surface area contributed by atoms with E-state index in [1.165, 1.54) is 51.4 Å². The van der Waals surface area contributed by atoms with Crippen LogP contribution in [0.25, 0.3) is 0 Å². The number of hydrogen-bond acceptors (Lipinski definition) is 11. The highest BCUT2D eigenvalue weighted by Gasteiger charge is 2.19. The van der Waals surface area contributed by atoms with Crippen LogP contribution < -0.4 is 5.32 Å². The molecule has 0 spiro atoms. The average Bonchev–Trinajstić information content (AvgIpc) is 3.13. The van der Waals surface area contributed by atoms with E-state index in [0.717, 1.165) is 38.5 Å². The fourth-order valence-electron chi connectivity index (χ4n) is 5.15. The van der Waals surface area contributed by atoms with Crippen molar-refractivity contribution in [3.05, 3.63) is 12.5 Å². The number of aliphatic hydroxyl groups excluding tert-OH is 1. The van der Waals surface area contributed by atoms with E-state index in [9.17, 15) is 24.3 Å². The van der Waals surface area contributed by atoms with E-state index < -0.39 is 17.5 Å². The van der Waals surface area contributed by atoms with Gasteiger partial charge in [-0.25, -0.2) is 0 Å². The first-order valence-electron chi connectivity index (χ1n) is 21.1. The van der Waals surface area contributed by atoms with Crippen molar-refractivity contribution in [2.75, 3.05) is 33.0 Å². The van der Waals surface area contributed by atoms with Gasteiger partial charge in [0.05, 0.1) is 32.8 Å². The number of unbranched alkanes of at least 4 members (excludes halogenated alkanes) is 10. The summed E-state index contributed by atoms with van der Waals surface area (Å²) in [6.45, 7) is 23.2. The van der Waals surface area contributed by atoms with Gasteiger partial charge in [0.25, 0.3) is 6.47 Å². The van der Waals surface area contributed by atoms with Crippen LogP contribution in [0, 0.1) is 11.8 Å². The molecule has 2 atom stereocenters. The lowest BCUT2D eigenvalue weighted by atomic mass is 10.1. The van der Waals surface area contributed by atoms with E-state index in [2.05, 4.69) is 39.6 Å². The summed E-state index contributed by atoms with van der Waals surface area (Å²) in [4.78, 5) is 46.0. The van der Waals surface area contributed by atoms with Gasteiger partial charge in [0.2, 0.25) is 0 Å². The first-order valence-corrected chi connectivity index (χ1v) is 21.1. The van der Waals surface area contributed by atoms with Gasteiger partial charge < -0.3 is 34.1 Å². The average molecular weight is 774 g/mol. The number of carbonyl (C=O) groups is 4. The number of hydrogen-bond donors (Lipinski definition) is 2. The Morgan fingerprint density at radius 3 is 1.59 bits per heavy atom. The summed E-state index contributed by atoms with van der Waals surface area (Å²) in [5.41, 5.74) is -0.419. The van der Waals surface area contributed by atoms with E-state index in [1.54, 1.807) is 0 Å². The van der Waals surface area contributed by atoms with Crippen LogP contribution in [0.2, 0.25) is 0 Å². The fraction of sp³-hybridized carbons (Fsp3) is 0.860. The lowest BCUT2D eigenvalue weighted by Gasteiger charge is -2.27. The van der Waals surface area contributed by atoms with Gasteiger partial charge in [0, 0.05) is 44.2 Å². The molecule has 0 heterocycles. The number of carbonyl (C=O) groups excluding carboxylic acids is 4. The van der Waals surface area contributed by atoms with Crippen LogP contribution >= 0.6 is 0 Å². The molecule has 0 fully saturated rings. The van der Waals surface area contributed by atoms with Crippen LogP contribution in [0.15, 0.2) is 12.5 Å². The summed E-state index contributed by atoms with van der Waals surface area (Å²) in [5, 5.41) is 12.7. The predicted molar refractivity (Wildman–Crippen MR) is 218 cm³/mol. The minimum absolute atomic E-state index is 0.00704. The molecule has 0 bridgehead atoms. The molecule has 0 aromatic heterocycles. The molecule has 11 nitrogen and oxygen atoms in total. The van der Waals surface area contributed by atoms with Crippen LogP contribution in [-0.2, 0) is 42.9 Å². The van der Waals surface area contributed by atoms with Crippen LogP contribution in [0.5, 0.6) is 0 Å². The van der Waals surface area contributed by atoms with Crippen LogP contribution in [0.1, 0.15) is 184 Å². The lowest BCUT2D eigenvalue weighted by molar-refractivity contribution is -0.151. The maximum absolute atomic E-state index is 12.2. The second-order valence-corrected chi connectivity index (χ2v) is 14.6. The number of rotatable bonds is 33. The topological polar surface area (TPSA) is 147 Å². The number of esters is 3. The smallest absolute Gasteiger partial charge is 0.306 e. The molecule has 54 heavy (non-hydrogen) atoms. The number of nitrogens with one attached hydrogen (secondary N) is 1. The highest BCUT2D eigenvalue weighted by Crippen LogP contribution is 2.14. The second kappa shape index (κ2) is 39.9. The monoisotopic (exact) mass is 774 g/mol. The Labute approximate surface area is 330 Å². The molecule has 0 aromatic carbocycles. The van der Waals surface area contributed by atoms with Gasteiger partial charge in [-0.1, -0.05) is 119 Å². The normalized spacial score (nSPS) is 11.8. The summed E-state index contributed by atoms with van der Waals surface area (Å²) in [7, 11) is 0. The Balaban J connectivity index is -0.00000114. The van der Waals surface area contributed by atoms with Gasteiger partial charge >= 0.3 is 17.9 Å². The van der Waals surface area contributed by atoms with Crippen molar-refractivity contribution in [2.24, 2.45) is 11.8 Å². The Hall–Kier alpha value is -2.82. The van der Waals surface area contributed by atoms with E-state index in [4.69, 9.17) is 23.7 Å². The molecule has 0 radical (unpaired) electrons. The van der Waals surface area contributed by atoms with Gasteiger partial charge in [-0.3, -0.25) is 19.2 Å². The molecular weight excluding hydrogens is 690 g/mol. The first-order chi connectivity index (χ1) is 25.8. The van der Waals surface area contributed by atoms with Gasteiger partial charge in [0.1, 0.15) is 5.60 Å². The van der Waals surface area contributed by atoms with Crippen molar-refractivity contribution in [1.29, 1.82) is 0 Å². The predicted octanol–water partition coefficient (Wildman–Crippen LogP) is 9.76. The van der Waals surface area contributed by atoms with Crippen LogP contribution in [-0.4, -0.2) is 74.2 Å². The van der Waals surface area contributed by atoms with Crippen molar-refractivity contribution >= 4 is 24.4 Å². The molecule has 0 rings (SSSR count). The molecule has 0 aliphatic heterocycles. The van der Waals surface area contributed by atoms with Crippen molar-refractivity contribution in [3.8, 4) is 0 Å². The summed E-state index contributed by atoms with van der Waals surface area (Å²) < 4.78 is 26.2. The molecular formula is C43H83NO10. The fourth-order valence-corrected chi connectivity index (χ4v) is 5.15. The Morgan fingerprint density at radius 2 is 1.15 bits per heavy atom. The van der Waals surface area contributed by atoms with E-state index in [0.29, 0.717) is 50.6 Å². The zero-order valence-corrected chi connectivity index (χ0v) is 36.1. The zero-order chi connectivity index (χ0) is 41.5. The molecule has 0 aliphatic carbocycles. The maximum Gasteiger partial charge on any atom is 0.306 e. The Kier molecular flexibility index (Phi) is 41.0. The third-order valence-corrected chi connectivity index (χ3v) is 8.47. The standard InChI is InChI=1S/C26H47NO8.C15H30O2.C2H6/c1-6-7-8-9-10-11-12-24(30)34-19-22(18-28)17-25(31)33-16-14-23(13-15-32-20-29)27-21(2)35-26(3,4)5;1-4-7-8-9-10-11-12-15(16)17-13-14(5-2)6-3;1-2/h20,22-23,27-28H,2,6-19H2,1,3-5H3;14H,4-13H2,1-3H3;1-2H3. The Morgan fingerprint density at radius 1 is 0.685 bits per heavy atom. The van der Waals surface area contributed by atoms with Gasteiger partial charge in [-0.2, -0.15) is 0 Å². The van der Waals surface area contributed by atoms with E-state index >= 15 is 0 Å². The van der Waals surface area contributed by atoms with Crippen molar-refractivity contribution in [1.82, 2.24) is 5.32 Å². The minimum Gasteiger partial charge on any atom is -0.474 e. The molecule has 320 valence electrons. The van der Waals surface area contributed by atoms with E-state index in [-0.39, 0.29) is 50.8 Å². The third kappa shape index (κ3) is 40.4. The molecule has 0 aliphatic rings. The molecule has 0 saturated heterocycles. The molecule has 0 aromatic rings. The van der Waals surface area contributed by atoms with Crippen molar-refractivity contribution < 1.29 is 48.0 Å². The molecule has 0 saturated carbocycles. The number of ether oxygens (including phenoxy) is 5. The maximum atomic E-state index is 12.2. The SMILES string of the molecule is C=C(NC(CCOC=O)CCOC(=O)CC(CO)COC(=O)CCCCCCCC)OC(C)(C)C.CC.CCCCCCCCC(=O)OCC(CC)CC. The second-order valence-electron chi connectivity index (χ2n) is 14.6. The number of aliphatic hydroxyl groups is 1. The minimum atomic E-state index is -0.508. The third-order valence-electron chi connectivity index (χ3n) is 8.47. The first kappa shape index (κ1) is 55.5. The molecule has 2 N–H and O–H groups in total. The largest absolute Gasteiger partial charge is 0.474 e. The summed E-state index contributed by atoms with van der Waals surface area (Å²) in [5.74, 6) is -0.384. The highest BCUT2D eigenvalue weighted by atomic mass is 16.5. The molecule has 11 heteroatoms. The van der Waals surface area contributed by atoms with Gasteiger partial charge in [0.15, 0.2) is 5.88 Å². The van der Waals surface area contributed by atoms with Gasteiger partial charge in [-0.15, -0.1) is 0 Å².